The van der Waals surface area contributed by atoms with Crippen LogP contribution in [0.15, 0.2) is 72.1 Å². The summed E-state index contributed by atoms with van der Waals surface area (Å²) in [6, 6.07) is 14.8. The number of nitrogens with zero attached hydrogens (tertiary/aromatic N) is 3. The molecule has 0 aliphatic heterocycles. The van der Waals surface area contributed by atoms with Crippen molar-refractivity contribution >= 4 is 11.8 Å². The number of rotatable bonds is 8. The number of hydrogen-bond donors (Lipinski definition) is 1. The standard InChI is InChI=1S/C20H21FN2OS.HNO3/c1-24-19-4-2-3-5-20(19)25-18(14-23-13-12-22-15-23)11-8-16-6-9-17(21)10-7-16;2-1(3)4/h2-7,9-10,12-13,15,18H,8,11,14H2,1H3;(H,2,3,4). The zero-order valence-electron chi connectivity index (χ0n) is 15.8. The molecule has 0 amide bonds. The maximum absolute atomic E-state index is 13.1. The van der Waals surface area contributed by atoms with Crippen molar-refractivity contribution < 1.29 is 19.4 Å². The predicted molar refractivity (Wildman–Crippen MR) is 108 cm³/mol. The zero-order chi connectivity index (χ0) is 21.1. The lowest BCUT2D eigenvalue weighted by atomic mass is 10.1. The summed E-state index contributed by atoms with van der Waals surface area (Å²) >= 11 is 1.81. The number of halogens is 1. The minimum Gasteiger partial charge on any atom is -0.496 e. The Hall–Kier alpha value is -3.07. The lowest BCUT2D eigenvalue weighted by Gasteiger charge is -2.18. The smallest absolute Gasteiger partial charge is 0.291 e. The van der Waals surface area contributed by atoms with E-state index in [0.717, 1.165) is 35.6 Å². The number of hydrogen-bond acceptors (Lipinski definition) is 5. The number of aryl methyl sites for hydroxylation is 1. The number of aromatic nitrogens is 2. The molecule has 3 rings (SSSR count). The maximum atomic E-state index is 13.1. The van der Waals surface area contributed by atoms with Gasteiger partial charge in [0.15, 0.2) is 0 Å². The highest BCUT2D eigenvalue weighted by Crippen LogP contribution is 2.34. The van der Waals surface area contributed by atoms with Crippen molar-refractivity contribution in [2.75, 3.05) is 7.11 Å². The normalized spacial score (nSPS) is 11.2. The zero-order valence-corrected chi connectivity index (χ0v) is 16.7. The molecule has 0 saturated heterocycles. The summed E-state index contributed by atoms with van der Waals surface area (Å²) < 4.78 is 20.7. The highest BCUT2D eigenvalue weighted by molar-refractivity contribution is 8.00. The molecule has 2 aromatic carbocycles. The van der Waals surface area contributed by atoms with Gasteiger partial charge in [-0.2, -0.15) is 0 Å². The second kappa shape index (κ2) is 11.7. The fourth-order valence-corrected chi connectivity index (χ4v) is 3.96. The first kappa shape index (κ1) is 22.2. The molecule has 1 N–H and O–H groups in total. The average molecular weight is 419 g/mol. The maximum Gasteiger partial charge on any atom is 0.291 e. The van der Waals surface area contributed by atoms with Crippen LogP contribution in [0.5, 0.6) is 5.75 Å². The molecule has 3 aromatic rings. The van der Waals surface area contributed by atoms with E-state index in [0.29, 0.717) is 5.25 Å². The van der Waals surface area contributed by atoms with Gasteiger partial charge in [0.2, 0.25) is 0 Å². The van der Waals surface area contributed by atoms with Crippen molar-refractivity contribution in [2.45, 2.75) is 29.5 Å². The van der Waals surface area contributed by atoms with E-state index in [1.807, 2.05) is 54.6 Å². The molecule has 1 aromatic heterocycles. The highest BCUT2D eigenvalue weighted by atomic mass is 32.2. The molecule has 0 fully saturated rings. The number of ether oxygens (including phenoxy) is 1. The molecule has 1 heterocycles. The van der Waals surface area contributed by atoms with Gasteiger partial charge in [-0.3, -0.25) is 0 Å². The molecular formula is C20H22FN3O4S. The van der Waals surface area contributed by atoms with Gasteiger partial charge in [-0.25, -0.2) is 9.37 Å². The van der Waals surface area contributed by atoms with Crippen LogP contribution in [0.2, 0.25) is 0 Å². The molecular weight excluding hydrogens is 397 g/mol. The van der Waals surface area contributed by atoms with Gasteiger partial charge < -0.3 is 14.5 Å². The highest BCUT2D eigenvalue weighted by Gasteiger charge is 2.14. The summed E-state index contributed by atoms with van der Waals surface area (Å²) in [5.41, 5.74) is 1.15. The van der Waals surface area contributed by atoms with Gasteiger partial charge in [-0.1, -0.05) is 24.3 Å². The van der Waals surface area contributed by atoms with Gasteiger partial charge in [0, 0.05) is 29.1 Å². The lowest BCUT2D eigenvalue weighted by Crippen LogP contribution is -2.13. The second-order valence-electron chi connectivity index (χ2n) is 6.05. The Balaban J connectivity index is 0.000000687. The van der Waals surface area contributed by atoms with Crippen LogP contribution in [0, 0.1) is 15.9 Å². The number of thioether (sulfide) groups is 1. The Morgan fingerprint density at radius 3 is 2.59 bits per heavy atom. The average Bonchev–Trinajstić information content (AvgIpc) is 3.20. The first-order valence-electron chi connectivity index (χ1n) is 8.81. The molecule has 1 atom stereocenters. The largest absolute Gasteiger partial charge is 0.496 e. The van der Waals surface area contributed by atoms with Crippen LogP contribution in [-0.2, 0) is 13.0 Å². The summed E-state index contributed by atoms with van der Waals surface area (Å²) in [6.45, 7) is 0.865. The number of para-hydroxylation sites is 1. The van der Waals surface area contributed by atoms with Crippen LogP contribution in [0.1, 0.15) is 12.0 Å². The Bertz CT molecular complexity index is 872. The van der Waals surface area contributed by atoms with E-state index in [9.17, 15) is 4.39 Å². The minimum atomic E-state index is -1.50. The quantitative estimate of drug-likeness (QED) is 0.329. The third kappa shape index (κ3) is 8.22. The molecule has 9 heteroatoms. The molecule has 0 saturated carbocycles. The van der Waals surface area contributed by atoms with Crippen molar-refractivity contribution in [1.82, 2.24) is 9.55 Å². The van der Waals surface area contributed by atoms with Crippen molar-refractivity contribution in [2.24, 2.45) is 0 Å². The van der Waals surface area contributed by atoms with Gasteiger partial charge >= 0.3 is 0 Å². The second-order valence-corrected chi connectivity index (χ2v) is 7.40. The number of methoxy groups -OCH3 is 1. The topological polar surface area (TPSA) is 90.4 Å². The lowest BCUT2D eigenvalue weighted by molar-refractivity contribution is -0.742. The van der Waals surface area contributed by atoms with Crippen LogP contribution in [0.25, 0.3) is 0 Å². The Kier molecular flexibility index (Phi) is 8.97. The van der Waals surface area contributed by atoms with Gasteiger partial charge in [0.05, 0.1) is 13.4 Å². The summed E-state index contributed by atoms with van der Waals surface area (Å²) in [4.78, 5) is 13.6. The van der Waals surface area contributed by atoms with Crippen LogP contribution in [0.3, 0.4) is 0 Å². The SMILES string of the molecule is COc1ccccc1SC(CCc1ccc(F)cc1)Cn1ccnc1.O=[N+]([O-])O. The fourth-order valence-electron chi connectivity index (χ4n) is 2.69. The molecule has 154 valence electrons. The third-order valence-electron chi connectivity index (χ3n) is 4.00. The van der Waals surface area contributed by atoms with E-state index in [1.54, 1.807) is 13.3 Å². The van der Waals surface area contributed by atoms with Crippen molar-refractivity contribution in [3.63, 3.8) is 0 Å². The van der Waals surface area contributed by atoms with E-state index in [4.69, 9.17) is 20.1 Å². The first-order valence-corrected chi connectivity index (χ1v) is 9.69. The van der Waals surface area contributed by atoms with Crippen LogP contribution < -0.4 is 4.74 Å². The number of imidazole rings is 1. The molecule has 1 unspecified atom stereocenters. The van der Waals surface area contributed by atoms with Gasteiger partial charge in [0.25, 0.3) is 5.09 Å². The van der Waals surface area contributed by atoms with Crippen molar-refractivity contribution in [1.29, 1.82) is 0 Å². The molecule has 7 nitrogen and oxygen atoms in total. The fraction of sp³-hybridized carbons (Fsp3) is 0.250. The monoisotopic (exact) mass is 419 g/mol. The Labute approximate surface area is 172 Å². The van der Waals surface area contributed by atoms with Crippen LogP contribution in [0.4, 0.5) is 4.39 Å². The van der Waals surface area contributed by atoms with E-state index in [1.165, 1.54) is 12.1 Å². The Morgan fingerprint density at radius 1 is 1.28 bits per heavy atom. The summed E-state index contributed by atoms with van der Waals surface area (Å²) in [6.07, 6.45) is 7.50. The minimum absolute atomic E-state index is 0.192. The van der Waals surface area contributed by atoms with Crippen LogP contribution >= 0.6 is 11.8 Å². The van der Waals surface area contributed by atoms with Gasteiger partial charge in [-0.05, 0) is 42.7 Å². The predicted octanol–water partition coefficient (Wildman–Crippen LogP) is 4.48. The number of benzene rings is 2. The van der Waals surface area contributed by atoms with Gasteiger partial charge in [-0.15, -0.1) is 21.9 Å². The molecule has 0 aliphatic rings. The van der Waals surface area contributed by atoms with Crippen molar-refractivity contribution in [3.8, 4) is 5.75 Å². The molecule has 0 spiro atoms. The summed E-state index contributed by atoms with van der Waals surface area (Å²) in [7, 11) is 1.70. The molecule has 0 bridgehead atoms. The van der Waals surface area contributed by atoms with E-state index >= 15 is 0 Å². The van der Waals surface area contributed by atoms with Crippen molar-refractivity contribution in [3.05, 3.63) is 88.7 Å². The van der Waals surface area contributed by atoms with Crippen LogP contribution in [-0.4, -0.2) is 32.2 Å². The van der Waals surface area contributed by atoms with E-state index in [-0.39, 0.29) is 5.82 Å². The molecule has 0 radical (unpaired) electrons. The summed E-state index contributed by atoms with van der Waals surface area (Å²) in [5, 5.41) is 14.0. The molecule has 29 heavy (non-hydrogen) atoms. The third-order valence-corrected chi connectivity index (χ3v) is 5.31. The van der Waals surface area contributed by atoms with E-state index < -0.39 is 5.09 Å². The first-order chi connectivity index (χ1) is 14.0. The summed E-state index contributed by atoms with van der Waals surface area (Å²) in [5.74, 6) is 0.701. The molecule has 0 aliphatic carbocycles. The van der Waals surface area contributed by atoms with Gasteiger partial charge in [0.1, 0.15) is 11.6 Å². The van der Waals surface area contributed by atoms with E-state index in [2.05, 4.69) is 15.6 Å². The Morgan fingerprint density at radius 2 is 1.97 bits per heavy atom.